The molecule has 1 saturated heterocycles. The number of Topliss-reactive ketones (excluding diaryl/α,β-unsaturated/α-hetero) is 1. The predicted molar refractivity (Wildman–Crippen MR) is 127 cm³/mol. The molecule has 2 aromatic carbocycles. The van der Waals surface area contributed by atoms with E-state index in [4.69, 9.17) is 0 Å². The largest absolute Gasteiger partial charge is 0.368 e. The van der Waals surface area contributed by atoms with E-state index in [0.29, 0.717) is 18.7 Å². The highest BCUT2D eigenvalue weighted by Gasteiger charge is 2.20. The van der Waals surface area contributed by atoms with E-state index in [-0.39, 0.29) is 17.5 Å². The number of hydrogen-bond acceptors (Lipinski definition) is 4. The predicted octanol–water partition coefficient (Wildman–Crippen LogP) is 4.19. The second-order valence-corrected chi connectivity index (χ2v) is 8.22. The van der Waals surface area contributed by atoms with Gasteiger partial charge in [0.25, 0.3) is 0 Å². The van der Waals surface area contributed by atoms with Gasteiger partial charge in [-0.1, -0.05) is 0 Å². The number of amides is 1. The quantitative estimate of drug-likeness (QED) is 0.436. The molecule has 1 amide bonds. The Morgan fingerprint density at radius 1 is 0.909 bits per heavy atom. The molecule has 4 rings (SSSR count). The minimum Gasteiger partial charge on any atom is -0.368 e. The van der Waals surface area contributed by atoms with Crippen molar-refractivity contribution in [3.63, 3.8) is 0 Å². The van der Waals surface area contributed by atoms with E-state index < -0.39 is 0 Å². The fourth-order valence-electron chi connectivity index (χ4n) is 4.08. The molecule has 3 aromatic rings. The lowest BCUT2D eigenvalue weighted by atomic mass is 10.1. The lowest BCUT2D eigenvalue weighted by molar-refractivity contribution is -0.126. The average molecular weight is 447 g/mol. The maximum absolute atomic E-state index is 13.2. The molecule has 170 valence electrons. The van der Waals surface area contributed by atoms with Gasteiger partial charge in [-0.25, -0.2) is 9.07 Å². The number of halogens is 1. The minimum atomic E-state index is -0.292. The molecule has 7 heteroatoms. The number of rotatable bonds is 5. The van der Waals surface area contributed by atoms with Gasteiger partial charge in [-0.15, -0.1) is 0 Å². The van der Waals surface area contributed by atoms with Crippen molar-refractivity contribution in [1.29, 1.82) is 0 Å². The van der Waals surface area contributed by atoms with Crippen molar-refractivity contribution in [1.82, 2.24) is 14.7 Å². The molecule has 2 heterocycles. The molecule has 6 nitrogen and oxygen atoms in total. The Hall–Kier alpha value is -3.74. The summed E-state index contributed by atoms with van der Waals surface area (Å²) in [5.41, 5.74) is 5.11. The van der Waals surface area contributed by atoms with E-state index in [0.717, 1.165) is 41.4 Å². The highest BCUT2D eigenvalue weighted by Crippen LogP contribution is 2.21. The lowest BCUT2D eigenvalue weighted by Crippen LogP contribution is -2.48. The third-order valence-electron chi connectivity index (χ3n) is 6.04. The Morgan fingerprint density at radius 3 is 2.12 bits per heavy atom. The smallest absolute Gasteiger partial charge is 0.246 e. The van der Waals surface area contributed by atoms with Gasteiger partial charge in [-0.05, 0) is 75.4 Å². The molecule has 1 aliphatic rings. The van der Waals surface area contributed by atoms with Crippen molar-refractivity contribution in [2.45, 2.75) is 20.8 Å². The number of anilines is 1. The highest BCUT2D eigenvalue weighted by molar-refractivity contribution is 5.94. The molecule has 0 spiro atoms. The van der Waals surface area contributed by atoms with Gasteiger partial charge in [0.05, 0.1) is 11.4 Å². The Balaban J connectivity index is 1.39. The normalized spacial score (nSPS) is 14.2. The zero-order valence-corrected chi connectivity index (χ0v) is 19.1. The van der Waals surface area contributed by atoms with Gasteiger partial charge in [0.15, 0.2) is 5.78 Å². The maximum Gasteiger partial charge on any atom is 0.246 e. The molecule has 0 saturated carbocycles. The summed E-state index contributed by atoms with van der Waals surface area (Å²) in [7, 11) is 0. The zero-order valence-electron chi connectivity index (χ0n) is 19.1. The Labute approximate surface area is 192 Å². The van der Waals surface area contributed by atoms with Crippen LogP contribution in [-0.2, 0) is 4.79 Å². The van der Waals surface area contributed by atoms with Crippen LogP contribution in [0.3, 0.4) is 0 Å². The van der Waals surface area contributed by atoms with Gasteiger partial charge in [-0.2, -0.15) is 5.10 Å². The van der Waals surface area contributed by atoms with Gasteiger partial charge in [0.1, 0.15) is 5.82 Å². The number of hydrogen-bond donors (Lipinski definition) is 0. The molecular weight excluding hydrogens is 419 g/mol. The Morgan fingerprint density at radius 2 is 1.52 bits per heavy atom. The zero-order chi connectivity index (χ0) is 23.5. The molecule has 0 unspecified atom stereocenters. The molecule has 0 aliphatic carbocycles. The van der Waals surface area contributed by atoms with Crippen LogP contribution in [0.1, 0.15) is 34.2 Å². The first-order valence-electron chi connectivity index (χ1n) is 11.0. The van der Waals surface area contributed by atoms with E-state index >= 15 is 0 Å². The molecule has 0 atom stereocenters. The van der Waals surface area contributed by atoms with Crippen molar-refractivity contribution in [2.24, 2.45) is 0 Å². The standard InChI is InChI=1S/C26H27FN4O2/c1-18-25(19(2)31(28-18)24-10-6-22(27)7-11-24)12-13-26(33)30-16-14-29(15-17-30)23-8-4-21(5-9-23)20(3)32/h4-13H,14-17H2,1-3H3. The number of nitrogens with zero attached hydrogens (tertiary/aromatic N) is 4. The topological polar surface area (TPSA) is 58.4 Å². The Kier molecular flexibility index (Phi) is 6.40. The third kappa shape index (κ3) is 4.87. The summed E-state index contributed by atoms with van der Waals surface area (Å²) in [6.45, 7) is 8.12. The number of piperazine rings is 1. The second kappa shape index (κ2) is 9.40. The van der Waals surface area contributed by atoms with Crippen molar-refractivity contribution in [3.8, 4) is 5.69 Å². The number of ketones is 1. The van der Waals surface area contributed by atoms with Crippen LogP contribution < -0.4 is 4.90 Å². The summed E-state index contributed by atoms with van der Waals surface area (Å²) in [5.74, 6) is -0.272. The molecule has 1 aliphatic heterocycles. The minimum absolute atomic E-state index is 0.0325. The summed E-state index contributed by atoms with van der Waals surface area (Å²) in [4.78, 5) is 28.3. The summed E-state index contributed by atoms with van der Waals surface area (Å²) >= 11 is 0. The van der Waals surface area contributed by atoms with Crippen LogP contribution in [0.15, 0.2) is 54.6 Å². The van der Waals surface area contributed by atoms with Crippen molar-refractivity contribution < 1.29 is 14.0 Å². The monoisotopic (exact) mass is 446 g/mol. The van der Waals surface area contributed by atoms with Crippen molar-refractivity contribution >= 4 is 23.5 Å². The van der Waals surface area contributed by atoms with Gasteiger partial charge in [0.2, 0.25) is 5.91 Å². The van der Waals surface area contributed by atoms with E-state index in [9.17, 15) is 14.0 Å². The van der Waals surface area contributed by atoms with Crippen molar-refractivity contribution in [3.05, 3.63) is 82.9 Å². The SMILES string of the molecule is CC(=O)c1ccc(N2CCN(C(=O)C=Cc3c(C)nn(-c4ccc(F)cc4)c3C)CC2)cc1. The fourth-order valence-corrected chi connectivity index (χ4v) is 4.08. The Bertz CT molecular complexity index is 1190. The van der Waals surface area contributed by atoms with Gasteiger partial charge < -0.3 is 9.80 Å². The van der Waals surface area contributed by atoms with Crippen LogP contribution in [0.2, 0.25) is 0 Å². The number of carbonyl (C=O) groups excluding carboxylic acids is 2. The first-order valence-corrected chi connectivity index (χ1v) is 11.0. The highest BCUT2D eigenvalue weighted by atomic mass is 19.1. The van der Waals surface area contributed by atoms with Crippen LogP contribution in [0.5, 0.6) is 0 Å². The molecule has 0 radical (unpaired) electrons. The van der Waals surface area contributed by atoms with E-state index in [2.05, 4.69) is 10.00 Å². The van der Waals surface area contributed by atoms with E-state index in [1.54, 1.807) is 29.8 Å². The summed E-state index contributed by atoms with van der Waals surface area (Å²) < 4.78 is 15.0. The summed E-state index contributed by atoms with van der Waals surface area (Å²) in [6.07, 6.45) is 3.41. The van der Waals surface area contributed by atoms with E-state index in [1.165, 1.54) is 12.1 Å². The molecule has 33 heavy (non-hydrogen) atoms. The lowest BCUT2D eigenvalue weighted by Gasteiger charge is -2.35. The second-order valence-electron chi connectivity index (χ2n) is 8.22. The molecule has 1 fully saturated rings. The molecule has 1 aromatic heterocycles. The number of carbonyl (C=O) groups is 2. The van der Waals surface area contributed by atoms with Crippen LogP contribution >= 0.6 is 0 Å². The first kappa shape index (κ1) is 22.5. The van der Waals surface area contributed by atoms with Gasteiger partial charge >= 0.3 is 0 Å². The molecule has 0 bridgehead atoms. The van der Waals surface area contributed by atoms with Crippen molar-refractivity contribution in [2.75, 3.05) is 31.1 Å². The number of aromatic nitrogens is 2. The number of benzene rings is 2. The first-order chi connectivity index (χ1) is 15.8. The number of aryl methyl sites for hydroxylation is 1. The van der Waals surface area contributed by atoms with Gasteiger partial charge in [-0.3, -0.25) is 9.59 Å². The van der Waals surface area contributed by atoms with E-state index in [1.807, 2.05) is 49.1 Å². The average Bonchev–Trinajstić information content (AvgIpc) is 3.11. The third-order valence-corrected chi connectivity index (χ3v) is 6.04. The van der Waals surface area contributed by atoms with Crippen LogP contribution in [0, 0.1) is 19.7 Å². The fraction of sp³-hybridized carbons (Fsp3) is 0.269. The van der Waals surface area contributed by atoms with Crippen LogP contribution in [-0.4, -0.2) is 52.5 Å². The van der Waals surface area contributed by atoms with Crippen LogP contribution in [0.4, 0.5) is 10.1 Å². The summed E-state index contributed by atoms with van der Waals surface area (Å²) in [5, 5.41) is 4.55. The van der Waals surface area contributed by atoms with Crippen LogP contribution in [0.25, 0.3) is 11.8 Å². The molecule has 0 N–H and O–H groups in total. The van der Waals surface area contributed by atoms with Gasteiger partial charge in [0, 0.05) is 54.8 Å². The molecular formula is C26H27FN4O2. The maximum atomic E-state index is 13.2. The summed E-state index contributed by atoms with van der Waals surface area (Å²) in [6, 6.07) is 13.8.